The van der Waals surface area contributed by atoms with Gasteiger partial charge >= 0.3 is 0 Å². The molecule has 148 valence electrons. The van der Waals surface area contributed by atoms with Gasteiger partial charge in [0.2, 0.25) is 0 Å². The number of thiazole rings is 1. The molecule has 1 aromatic heterocycles. The minimum absolute atomic E-state index is 0.176. The van der Waals surface area contributed by atoms with Crippen LogP contribution in [0.3, 0.4) is 0 Å². The Morgan fingerprint density at radius 2 is 1.57 bits per heavy atom. The van der Waals surface area contributed by atoms with E-state index in [9.17, 15) is 9.18 Å². The van der Waals surface area contributed by atoms with Crippen LogP contribution in [0.2, 0.25) is 0 Å². The molecule has 1 amide bonds. The summed E-state index contributed by atoms with van der Waals surface area (Å²) in [7, 11) is 0. The Morgan fingerprint density at radius 1 is 0.900 bits per heavy atom. The van der Waals surface area contributed by atoms with E-state index in [1.54, 1.807) is 24.3 Å². The molecule has 0 bridgehead atoms. The Kier molecular flexibility index (Phi) is 4.89. The molecule has 0 spiro atoms. The summed E-state index contributed by atoms with van der Waals surface area (Å²) in [4.78, 5) is 17.6. The first-order valence-corrected chi connectivity index (χ1v) is 10.7. The van der Waals surface area contributed by atoms with Crippen LogP contribution in [-0.2, 0) is 0 Å². The summed E-state index contributed by atoms with van der Waals surface area (Å²) < 4.78 is 13.4. The van der Waals surface area contributed by atoms with Crippen molar-refractivity contribution in [3.05, 3.63) is 107 Å². The van der Waals surface area contributed by atoms with Crippen LogP contribution in [0.1, 0.15) is 39.2 Å². The highest BCUT2D eigenvalue weighted by Crippen LogP contribution is 2.56. The van der Waals surface area contributed by atoms with Gasteiger partial charge in [0.15, 0.2) is 0 Å². The van der Waals surface area contributed by atoms with Gasteiger partial charge in [0.05, 0.1) is 5.01 Å². The van der Waals surface area contributed by atoms with E-state index in [0.717, 1.165) is 17.0 Å². The molecular weight excluding hydrogens is 395 g/mol. The largest absolute Gasteiger partial charge is 0.312 e. The van der Waals surface area contributed by atoms with Crippen LogP contribution in [0, 0.1) is 5.82 Å². The maximum absolute atomic E-state index is 13.4. The number of halogens is 1. The molecule has 5 heteroatoms. The summed E-state index contributed by atoms with van der Waals surface area (Å²) >= 11 is 1.51. The number of carbonyl (C=O) groups is 1. The topological polar surface area (TPSA) is 42.0 Å². The normalized spacial score (nSPS) is 17.5. The van der Waals surface area contributed by atoms with Gasteiger partial charge in [-0.2, -0.15) is 0 Å². The van der Waals surface area contributed by atoms with Gasteiger partial charge in [0.25, 0.3) is 5.91 Å². The highest BCUT2D eigenvalue weighted by atomic mass is 32.1. The maximum atomic E-state index is 13.4. The van der Waals surface area contributed by atoms with E-state index in [0.29, 0.717) is 28.1 Å². The lowest BCUT2D eigenvalue weighted by Crippen LogP contribution is -2.11. The SMILES string of the molecule is O=C(Nc1sc(C2CC2c2ccccc2)nc1-c1ccc(F)cc1)c1ccccc1. The molecule has 4 aromatic rings. The summed E-state index contributed by atoms with van der Waals surface area (Å²) in [6.45, 7) is 0. The first-order valence-electron chi connectivity index (χ1n) is 9.87. The minimum Gasteiger partial charge on any atom is -0.312 e. The standard InChI is InChI=1S/C25H19FN2OS/c26-19-13-11-17(12-14-19)22-25(28-23(29)18-9-5-2-6-10-18)30-24(27-22)21-15-20(21)16-7-3-1-4-8-16/h1-14,20-21H,15H2,(H,28,29). The molecule has 1 aliphatic rings. The molecular formula is C25H19FN2OS. The Hall–Kier alpha value is -3.31. The Bertz CT molecular complexity index is 1170. The fraction of sp³-hybridized carbons (Fsp3) is 0.120. The number of nitrogens with one attached hydrogen (secondary N) is 1. The molecule has 1 heterocycles. The molecule has 5 rings (SSSR count). The number of rotatable bonds is 5. The molecule has 0 radical (unpaired) electrons. The van der Waals surface area contributed by atoms with Gasteiger partial charge in [-0.3, -0.25) is 4.79 Å². The summed E-state index contributed by atoms with van der Waals surface area (Å²) in [6.07, 6.45) is 1.05. The van der Waals surface area contributed by atoms with E-state index >= 15 is 0 Å². The van der Waals surface area contributed by atoms with Gasteiger partial charge in [0, 0.05) is 17.0 Å². The van der Waals surface area contributed by atoms with Gasteiger partial charge in [-0.05, 0) is 54.3 Å². The summed E-state index contributed by atoms with van der Waals surface area (Å²) in [5.74, 6) is 0.329. The third-order valence-electron chi connectivity index (χ3n) is 5.36. The van der Waals surface area contributed by atoms with Crippen LogP contribution in [0.5, 0.6) is 0 Å². The number of carbonyl (C=O) groups excluding carboxylic acids is 1. The van der Waals surface area contributed by atoms with Crippen LogP contribution in [0.25, 0.3) is 11.3 Å². The van der Waals surface area contributed by atoms with Crippen molar-refractivity contribution in [1.82, 2.24) is 4.98 Å². The van der Waals surface area contributed by atoms with Gasteiger partial charge in [-0.25, -0.2) is 9.37 Å². The molecule has 3 nitrogen and oxygen atoms in total. The number of aromatic nitrogens is 1. The van der Waals surface area contributed by atoms with Crippen LogP contribution in [0.4, 0.5) is 9.39 Å². The lowest BCUT2D eigenvalue weighted by molar-refractivity contribution is 0.102. The Morgan fingerprint density at radius 3 is 2.27 bits per heavy atom. The van der Waals surface area contributed by atoms with Crippen molar-refractivity contribution >= 4 is 22.2 Å². The van der Waals surface area contributed by atoms with E-state index in [4.69, 9.17) is 4.98 Å². The number of amides is 1. The number of hydrogen-bond acceptors (Lipinski definition) is 3. The van der Waals surface area contributed by atoms with Crippen LogP contribution < -0.4 is 5.32 Å². The zero-order valence-electron chi connectivity index (χ0n) is 16.1. The Labute approximate surface area is 178 Å². The highest BCUT2D eigenvalue weighted by Gasteiger charge is 2.42. The fourth-order valence-electron chi connectivity index (χ4n) is 3.68. The van der Waals surface area contributed by atoms with Crippen molar-refractivity contribution < 1.29 is 9.18 Å². The van der Waals surface area contributed by atoms with Crippen LogP contribution in [-0.4, -0.2) is 10.9 Å². The lowest BCUT2D eigenvalue weighted by Gasteiger charge is -2.05. The molecule has 1 fully saturated rings. The summed E-state index contributed by atoms with van der Waals surface area (Å²) in [6, 6.07) is 25.8. The fourth-order valence-corrected chi connectivity index (χ4v) is 4.85. The molecule has 30 heavy (non-hydrogen) atoms. The maximum Gasteiger partial charge on any atom is 0.256 e. The van der Waals surface area contributed by atoms with Crippen molar-refractivity contribution in [3.63, 3.8) is 0 Å². The second-order valence-electron chi connectivity index (χ2n) is 7.42. The first kappa shape index (κ1) is 18.7. The number of benzene rings is 3. The predicted molar refractivity (Wildman–Crippen MR) is 118 cm³/mol. The molecule has 0 saturated heterocycles. The zero-order chi connectivity index (χ0) is 20.5. The smallest absolute Gasteiger partial charge is 0.256 e. The molecule has 1 N–H and O–H groups in total. The molecule has 1 aliphatic carbocycles. The average Bonchev–Trinajstić information content (AvgIpc) is 3.49. The minimum atomic E-state index is -0.296. The van der Waals surface area contributed by atoms with Crippen molar-refractivity contribution in [2.75, 3.05) is 5.32 Å². The van der Waals surface area contributed by atoms with Gasteiger partial charge in [0.1, 0.15) is 16.5 Å². The molecule has 3 aromatic carbocycles. The summed E-state index contributed by atoms with van der Waals surface area (Å²) in [5, 5.41) is 4.73. The van der Waals surface area contributed by atoms with E-state index in [-0.39, 0.29) is 11.7 Å². The Balaban J connectivity index is 1.47. The van der Waals surface area contributed by atoms with E-state index in [1.165, 1.54) is 29.0 Å². The second-order valence-corrected chi connectivity index (χ2v) is 8.45. The number of nitrogens with zero attached hydrogens (tertiary/aromatic N) is 1. The first-order chi connectivity index (χ1) is 14.7. The molecule has 0 aliphatic heterocycles. The molecule has 2 atom stereocenters. The van der Waals surface area contributed by atoms with Gasteiger partial charge < -0.3 is 5.32 Å². The third-order valence-corrected chi connectivity index (χ3v) is 6.46. The van der Waals surface area contributed by atoms with Crippen LogP contribution in [0.15, 0.2) is 84.9 Å². The number of anilines is 1. The van der Waals surface area contributed by atoms with Gasteiger partial charge in [-0.1, -0.05) is 48.5 Å². The second kappa shape index (κ2) is 7.84. The lowest BCUT2D eigenvalue weighted by atomic mass is 10.1. The van der Waals surface area contributed by atoms with Crippen LogP contribution >= 0.6 is 11.3 Å². The van der Waals surface area contributed by atoms with Crippen molar-refractivity contribution in [2.45, 2.75) is 18.3 Å². The van der Waals surface area contributed by atoms with E-state index < -0.39 is 0 Å². The quantitative estimate of drug-likeness (QED) is 0.406. The monoisotopic (exact) mass is 414 g/mol. The summed E-state index contributed by atoms with van der Waals surface area (Å²) in [5.41, 5.74) is 3.39. The van der Waals surface area contributed by atoms with Crippen molar-refractivity contribution in [3.8, 4) is 11.3 Å². The predicted octanol–water partition coefficient (Wildman–Crippen LogP) is 6.47. The van der Waals surface area contributed by atoms with Crippen molar-refractivity contribution in [1.29, 1.82) is 0 Å². The van der Waals surface area contributed by atoms with Crippen molar-refractivity contribution in [2.24, 2.45) is 0 Å². The number of hydrogen-bond donors (Lipinski definition) is 1. The van der Waals surface area contributed by atoms with E-state index in [2.05, 4.69) is 29.6 Å². The zero-order valence-corrected chi connectivity index (χ0v) is 16.9. The molecule has 1 saturated carbocycles. The molecule has 2 unspecified atom stereocenters. The average molecular weight is 415 g/mol. The highest BCUT2D eigenvalue weighted by molar-refractivity contribution is 7.16. The third kappa shape index (κ3) is 3.76. The van der Waals surface area contributed by atoms with Gasteiger partial charge in [-0.15, -0.1) is 11.3 Å². The van der Waals surface area contributed by atoms with E-state index in [1.807, 2.05) is 24.3 Å².